The highest BCUT2D eigenvalue weighted by molar-refractivity contribution is 6.61. The van der Waals surface area contributed by atoms with E-state index >= 15 is 0 Å². The third-order valence-electron chi connectivity index (χ3n) is 4.96. The molecule has 2 fully saturated rings. The minimum Gasteiger partial charge on any atom is -0.474 e. The normalized spacial score (nSPS) is 25.4. The summed E-state index contributed by atoms with van der Waals surface area (Å²) in [5.74, 6) is 1.09. The third-order valence-corrected chi connectivity index (χ3v) is 4.96. The fourth-order valence-corrected chi connectivity index (χ4v) is 3.65. The minimum atomic E-state index is -0.350. The van der Waals surface area contributed by atoms with Gasteiger partial charge in [0.2, 0.25) is 5.88 Å². The van der Waals surface area contributed by atoms with Crippen LogP contribution in [-0.2, 0) is 9.31 Å². The minimum absolute atomic E-state index is 0.0812. The summed E-state index contributed by atoms with van der Waals surface area (Å²) in [7, 11) is 1.80. The van der Waals surface area contributed by atoms with E-state index in [1.54, 1.807) is 0 Å². The topological polar surface area (TPSA) is 43.8 Å². The lowest BCUT2D eigenvalue weighted by Crippen LogP contribution is -2.37. The summed E-state index contributed by atoms with van der Waals surface area (Å²) in [6.07, 6.45) is 4.27. The molecule has 2 aliphatic rings. The summed E-state index contributed by atoms with van der Waals surface area (Å²) in [5.41, 5.74) is 0.657. The largest absolute Gasteiger partial charge is 0.496 e. The van der Waals surface area contributed by atoms with Gasteiger partial charge >= 0.3 is 7.12 Å². The molecule has 6 heteroatoms. The Morgan fingerprint density at radius 1 is 1.29 bits per heavy atom. The van der Waals surface area contributed by atoms with Crippen molar-refractivity contribution in [2.24, 2.45) is 5.92 Å². The molecular weight excluding hydrogens is 303 g/mol. The maximum Gasteiger partial charge on any atom is 0.496 e. The number of ether oxygens (including phenoxy) is 1. The predicted molar refractivity (Wildman–Crippen MR) is 95.6 cm³/mol. The van der Waals surface area contributed by atoms with Gasteiger partial charge in [-0.3, -0.25) is 0 Å². The van der Waals surface area contributed by atoms with Crippen molar-refractivity contribution >= 4 is 12.6 Å². The molecule has 0 aromatic carbocycles. The number of nitrogens with zero attached hydrogens (tertiary/aromatic N) is 2. The van der Waals surface area contributed by atoms with Gasteiger partial charge in [0.25, 0.3) is 0 Å². The number of pyridine rings is 1. The van der Waals surface area contributed by atoms with Crippen LogP contribution < -0.4 is 10.2 Å². The van der Waals surface area contributed by atoms with Gasteiger partial charge in [-0.2, -0.15) is 0 Å². The molecule has 2 saturated heterocycles. The number of rotatable bonds is 4. The molecule has 1 aromatic rings. The van der Waals surface area contributed by atoms with Gasteiger partial charge in [0.15, 0.2) is 0 Å². The first-order valence-corrected chi connectivity index (χ1v) is 8.99. The molecule has 0 bridgehead atoms. The van der Waals surface area contributed by atoms with Gasteiger partial charge in [0.05, 0.1) is 11.7 Å². The number of piperidine rings is 1. The van der Waals surface area contributed by atoms with Gasteiger partial charge < -0.3 is 18.9 Å². The molecular formula is C18H29BN2O3. The van der Waals surface area contributed by atoms with E-state index in [1.165, 1.54) is 0 Å². The lowest BCUT2D eigenvalue weighted by Gasteiger charge is -2.28. The first-order chi connectivity index (χ1) is 11.3. The monoisotopic (exact) mass is 332 g/mol. The summed E-state index contributed by atoms with van der Waals surface area (Å²) >= 11 is 0. The van der Waals surface area contributed by atoms with Crippen molar-refractivity contribution in [3.05, 3.63) is 18.3 Å². The van der Waals surface area contributed by atoms with Crippen LogP contribution >= 0.6 is 0 Å². The maximum atomic E-state index is 6.12. The second-order valence-electron chi connectivity index (χ2n) is 7.90. The molecule has 0 aliphatic carbocycles. The van der Waals surface area contributed by atoms with Gasteiger partial charge in [-0.1, -0.05) is 19.9 Å². The van der Waals surface area contributed by atoms with E-state index in [9.17, 15) is 0 Å². The van der Waals surface area contributed by atoms with Crippen molar-refractivity contribution < 1.29 is 14.0 Å². The van der Waals surface area contributed by atoms with Crippen molar-refractivity contribution in [2.45, 2.75) is 58.3 Å². The molecule has 0 spiro atoms. The van der Waals surface area contributed by atoms with Crippen LogP contribution in [0.2, 0.25) is 0 Å². The fourth-order valence-electron chi connectivity index (χ4n) is 3.65. The Morgan fingerprint density at radius 3 is 2.54 bits per heavy atom. The Balaban J connectivity index is 1.61. The Kier molecular flexibility index (Phi) is 5.18. The summed E-state index contributed by atoms with van der Waals surface area (Å²) in [6, 6.07) is 3.93. The number of hydrogen-bond donors (Lipinski definition) is 0. The molecule has 132 valence electrons. The van der Waals surface area contributed by atoms with E-state index in [0.717, 1.165) is 31.4 Å². The van der Waals surface area contributed by atoms with Gasteiger partial charge in [0, 0.05) is 24.7 Å². The number of aromatic nitrogens is 1. The molecule has 3 rings (SSSR count). The maximum absolute atomic E-state index is 6.12. The molecule has 24 heavy (non-hydrogen) atoms. The second-order valence-corrected chi connectivity index (χ2v) is 7.90. The van der Waals surface area contributed by atoms with Gasteiger partial charge in [-0.15, -0.1) is 0 Å². The van der Waals surface area contributed by atoms with Crippen molar-refractivity contribution in [1.29, 1.82) is 0 Å². The molecule has 1 atom stereocenters. The third kappa shape index (κ3) is 3.93. The number of likely N-dealkylation sites (tertiary alicyclic amines) is 1. The molecule has 2 aliphatic heterocycles. The Morgan fingerprint density at radius 2 is 2.00 bits per heavy atom. The summed E-state index contributed by atoms with van der Waals surface area (Å²) < 4.78 is 18.2. The van der Waals surface area contributed by atoms with E-state index < -0.39 is 0 Å². The fraction of sp³-hybridized carbons (Fsp3) is 0.722. The van der Waals surface area contributed by atoms with Crippen LogP contribution in [0.25, 0.3) is 0 Å². The molecule has 0 N–H and O–H groups in total. The molecule has 5 nitrogen and oxygen atoms in total. The average molecular weight is 332 g/mol. The average Bonchev–Trinajstić information content (AvgIpc) is 2.86. The van der Waals surface area contributed by atoms with Crippen molar-refractivity contribution in [2.75, 3.05) is 20.1 Å². The zero-order valence-corrected chi connectivity index (χ0v) is 15.5. The van der Waals surface area contributed by atoms with Crippen LogP contribution in [0.3, 0.4) is 0 Å². The van der Waals surface area contributed by atoms with Gasteiger partial charge in [-0.05, 0) is 45.7 Å². The van der Waals surface area contributed by atoms with Crippen molar-refractivity contribution in [3.8, 4) is 5.88 Å². The standard InChI is InChI=1S/C18H29BN2O3/c1-13(2)17-18(3,4)24-19(23-17)14-6-7-16(20-12-14)22-15-8-10-21(5)11-9-15/h6-7,12-13,15,17H,8-11H2,1-5H3. The summed E-state index contributed by atoms with van der Waals surface area (Å²) in [6.45, 7) is 10.7. The van der Waals surface area contributed by atoms with E-state index in [1.807, 2.05) is 18.3 Å². The molecule has 0 radical (unpaired) electrons. The number of hydrogen-bond acceptors (Lipinski definition) is 5. The van der Waals surface area contributed by atoms with Crippen LogP contribution in [-0.4, -0.2) is 54.9 Å². The predicted octanol–water partition coefficient (Wildman–Crippen LogP) is 2.10. The first-order valence-electron chi connectivity index (χ1n) is 8.99. The lowest BCUT2D eigenvalue weighted by atomic mass is 9.80. The molecule has 0 amide bonds. The SMILES string of the molecule is CC(C)C1OB(c2ccc(OC3CCN(C)CC3)nc2)OC1(C)C. The van der Waals surface area contributed by atoms with E-state index in [4.69, 9.17) is 14.0 Å². The van der Waals surface area contributed by atoms with Crippen LogP contribution in [0, 0.1) is 5.92 Å². The quantitative estimate of drug-likeness (QED) is 0.790. The summed E-state index contributed by atoms with van der Waals surface area (Å²) in [5, 5.41) is 0. The molecule has 1 aromatic heterocycles. The zero-order valence-electron chi connectivity index (χ0n) is 15.5. The highest BCUT2D eigenvalue weighted by atomic mass is 16.7. The lowest BCUT2D eigenvalue weighted by molar-refractivity contribution is 0.0438. The van der Waals surface area contributed by atoms with Gasteiger partial charge in [0.1, 0.15) is 6.10 Å². The van der Waals surface area contributed by atoms with E-state index in [-0.39, 0.29) is 24.9 Å². The Labute approximate surface area is 145 Å². The summed E-state index contributed by atoms with van der Waals surface area (Å²) in [4.78, 5) is 6.79. The van der Waals surface area contributed by atoms with Crippen LogP contribution in [0.5, 0.6) is 5.88 Å². The smallest absolute Gasteiger partial charge is 0.474 e. The van der Waals surface area contributed by atoms with E-state index in [0.29, 0.717) is 11.8 Å². The second kappa shape index (κ2) is 7.02. The first kappa shape index (κ1) is 17.7. The zero-order chi connectivity index (χ0) is 17.3. The molecule has 1 unspecified atom stereocenters. The van der Waals surface area contributed by atoms with Crippen molar-refractivity contribution in [3.63, 3.8) is 0 Å². The van der Waals surface area contributed by atoms with Crippen LogP contribution in [0.15, 0.2) is 18.3 Å². The molecule has 3 heterocycles. The Bertz CT molecular complexity index is 542. The molecule has 0 saturated carbocycles. The Hall–Kier alpha value is -1.11. The highest BCUT2D eigenvalue weighted by Crippen LogP contribution is 2.32. The van der Waals surface area contributed by atoms with Gasteiger partial charge in [-0.25, -0.2) is 4.98 Å². The highest BCUT2D eigenvalue weighted by Gasteiger charge is 2.47. The van der Waals surface area contributed by atoms with Crippen LogP contribution in [0.4, 0.5) is 0 Å². The van der Waals surface area contributed by atoms with Crippen molar-refractivity contribution in [1.82, 2.24) is 9.88 Å². The van der Waals surface area contributed by atoms with E-state index in [2.05, 4.69) is 44.6 Å². The van der Waals surface area contributed by atoms with Crippen LogP contribution in [0.1, 0.15) is 40.5 Å².